The Morgan fingerprint density at radius 1 is 1.08 bits per heavy atom. The average Bonchev–Trinajstić information content (AvgIpc) is 3.30. The molecule has 0 aliphatic carbocycles. The average molecular weight is 545 g/mol. The fourth-order valence-electron chi connectivity index (χ4n) is 4.32. The lowest BCUT2D eigenvalue weighted by molar-refractivity contribution is -0.126. The summed E-state index contributed by atoms with van der Waals surface area (Å²) in [5, 5.41) is 19.4. The molecule has 206 valence electrons. The molecule has 11 heteroatoms. The second-order valence-corrected chi connectivity index (χ2v) is 11.9. The van der Waals surface area contributed by atoms with Crippen molar-refractivity contribution in [1.29, 1.82) is 0 Å². The molecular formula is C27H36N4O6S. The highest BCUT2D eigenvalue weighted by Gasteiger charge is 2.34. The minimum absolute atomic E-state index is 0.0248. The van der Waals surface area contributed by atoms with E-state index in [9.17, 15) is 27.9 Å². The Kier molecular flexibility index (Phi) is 10.0. The van der Waals surface area contributed by atoms with Crippen molar-refractivity contribution >= 4 is 33.4 Å². The molecule has 0 spiro atoms. The van der Waals surface area contributed by atoms with Crippen LogP contribution >= 0.6 is 0 Å². The molecule has 3 atom stereocenters. The maximum Gasteiger partial charge on any atom is 0.243 e. The Morgan fingerprint density at radius 3 is 2.29 bits per heavy atom. The van der Waals surface area contributed by atoms with Crippen molar-refractivity contribution < 1.29 is 27.9 Å². The number of sulfonamides is 1. The van der Waals surface area contributed by atoms with Gasteiger partial charge in [-0.25, -0.2) is 8.42 Å². The second-order valence-electron chi connectivity index (χ2n) is 9.95. The lowest BCUT2D eigenvalue weighted by Crippen LogP contribution is -2.54. The van der Waals surface area contributed by atoms with Crippen LogP contribution < -0.4 is 16.0 Å². The fourth-order valence-corrected chi connectivity index (χ4v) is 5.94. The molecule has 1 heterocycles. The van der Waals surface area contributed by atoms with E-state index in [-0.39, 0.29) is 48.6 Å². The molecule has 0 saturated carbocycles. The van der Waals surface area contributed by atoms with E-state index in [2.05, 4.69) is 16.0 Å². The molecule has 2 aromatic carbocycles. The summed E-state index contributed by atoms with van der Waals surface area (Å²) in [6.45, 7) is 5.02. The normalized spacial score (nSPS) is 17.2. The highest BCUT2D eigenvalue weighted by atomic mass is 32.2. The van der Waals surface area contributed by atoms with E-state index >= 15 is 0 Å². The third kappa shape index (κ3) is 8.11. The predicted molar refractivity (Wildman–Crippen MR) is 144 cm³/mol. The van der Waals surface area contributed by atoms with Crippen LogP contribution in [-0.4, -0.2) is 66.8 Å². The Labute approximate surface area is 223 Å². The molecule has 2 aromatic rings. The van der Waals surface area contributed by atoms with Gasteiger partial charge in [0.1, 0.15) is 6.04 Å². The zero-order valence-corrected chi connectivity index (χ0v) is 22.7. The summed E-state index contributed by atoms with van der Waals surface area (Å²) in [4.78, 5) is 35.8. The van der Waals surface area contributed by atoms with Crippen LogP contribution in [0.4, 0.5) is 5.69 Å². The third-order valence-electron chi connectivity index (χ3n) is 6.17. The van der Waals surface area contributed by atoms with Crippen molar-refractivity contribution in [2.45, 2.75) is 63.1 Å². The second kappa shape index (κ2) is 13.0. The van der Waals surface area contributed by atoms with Crippen LogP contribution in [0.3, 0.4) is 0 Å². The summed E-state index contributed by atoms with van der Waals surface area (Å²) < 4.78 is 28.4. The van der Waals surface area contributed by atoms with Crippen LogP contribution in [0.15, 0.2) is 59.5 Å². The maximum absolute atomic E-state index is 13.6. The van der Waals surface area contributed by atoms with Gasteiger partial charge in [-0.1, -0.05) is 44.2 Å². The van der Waals surface area contributed by atoms with E-state index in [0.29, 0.717) is 12.1 Å². The van der Waals surface area contributed by atoms with Gasteiger partial charge in [0.05, 0.1) is 17.0 Å². The quantitative estimate of drug-likeness (QED) is 0.320. The number of anilines is 1. The van der Waals surface area contributed by atoms with Crippen molar-refractivity contribution in [1.82, 2.24) is 14.9 Å². The third-order valence-corrected chi connectivity index (χ3v) is 8.02. The van der Waals surface area contributed by atoms with Crippen molar-refractivity contribution in [3.8, 4) is 0 Å². The van der Waals surface area contributed by atoms with Gasteiger partial charge < -0.3 is 21.1 Å². The van der Waals surface area contributed by atoms with E-state index in [4.69, 9.17) is 0 Å². The van der Waals surface area contributed by atoms with Crippen molar-refractivity contribution in [3.05, 3.63) is 60.2 Å². The van der Waals surface area contributed by atoms with Gasteiger partial charge in [-0.3, -0.25) is 14.4 Å². The Morgan fingerprint density at radius 2 is 1.74 bits per heavy atom. The standard InChI is InChI=1S/C27H36N4O6S/c1-18(2)16-31(38(36,37)22-11-9-21(10-12-22)28-19(3)32)17-25(33)24(15-20-7-5-4-6-8-20)30-27(35)23-13-14-26(34)29-23/h4-12,18,23-25,33H,13-17H2,1-3H3,(H,28,32)(H,29,34)(H,30,35)/t23-,24-,25+/m0/s1. The summed E-state index contributed by atoms with van der Waals surface area (Å²) in [5.41, 5.74) is 1.33. The zero-order valence-electron chi connectivity index (χ0n) is 21.9. The van der Waals surface area contributed by atoms with Crippen molar-refractivity contribution in [2.24, 2.45) is 5.92 Å². The molecular weight excluding hydrogens is 508 g/mol. The largest absolute Gasteiger partial charge is 0.390 e. The first-order valence-electron chi connectivity index (χ1n) is 12.6. The smallest absolute Gasteiger partial charge is 0.243 e. The predicted octanol–water partition coefficient (Wildman–Crippen LogP) is 1.66. The van der Waals surface area contributed by atoms with Crippen LogP contribution in [0, 0.1) is 5.92 Å². The summed E-state index contributed by atoms with van der Waals surface area (Å²) in [7, 11) is -4.00. The number of aliphatic hydroxyl groups excluding tert-OH is 1. The number of amides is 3. The van der Waals surface area contributed by atoms with Crippen molar-refractivity contribution in [2.75, 3.05) is 18.4 Å². The SMILES string of the molecule is CC(=O)Nc1ccc(S(=O)(=O)N(CC(C)C)C[C@@H](O)[C@H](Cc2ccccc2)NC(=O)[C@@H]2CCC(=O)N2)cc1. The van der Waals surface area contributed by atoms with Gasteiger partial charge >= 0.3 is 0 Å². The van der Waals surface area contributed by atoms with E-state index in [1.165, 1.54) is 35.5 Å². The number of nitrogens with one attached hydrogen (secondary N) is 3. The molecule has 1 saturated heterocycles. The van der Waals surface area contributed by atoms with Crippen LogP contribution in [0.25, 0.3) is 0 Å². The lowest BCUT2D eigenvalue weighted by atomic mass is 10.00. The van der Waals surface area contributed by atoms with Gasteiger partial charge in [0.2, 0.25) is 27.7 Å². The molecule has 38 heavy (non-hydrogen) atoms. The van der Waals surface area contributed by atoms with E-state index in [0.717, 1.165) is 5.56 Å². The molecule has 1 aliphatic heterocycles. The fraction of sp³-hybridized carbons (Fsp3) is 0.444. The number of nitrogens with zero attached hydrogens (tertiary/aromatic N) is 1. The number of aliphatic hydroxyl groups is 1. The molecule has 0 aromatic heterocycles. The lowest BCUT2D eigenvalue weighted by Gasteiger charge is -2.31. The minimum Gasteiger partial charge on any atom is -0.390 e. The number of carbonyl (C=O) groups is 3. The van der Waals surface area contributed by atoms with Gasteiger partial charge in [0.15, 0.2) is 0 Å². The molecule has 4 N–H and O–H groups in total. The number of benzene rings is 2. The van der Waals surface area contributed by atoms with Gasteiger partial charge in [-0.2, -0.15) is 4.31 Å². The topological polar surface area (TPSA) is 145 Å². The molecule has 1 fully saturated rings. The molecule has 0 bridgehead atoms. The van der Waals surface area contributed by atoms with E-state index in [1.54, 1.807) is 0 Å². The van der Waals surface area contributed by atoms with Crippen molar-refractivity contribution in [3.63, 3.8) is 0 Å². The highest BCUT2D eigenvalue weighted by Crippen LogP contribution is 2.21. The van der Waals surface area contributed by atoms with Gasteiger partial charge in [-0.15, -0.1) is 0 Å². The number of rotatable bonds is 12. The first-order chi connectivity index (χ1) is 18.0. The summed E-state index contributed by atoms with van der Waals surface area (Å²) in [5.74, 6) is -0.924. The Hall–Kier alpha value is -3.28. The first kappa shape index (κ1) is 29.3. The van der Waals surface area contributed by atoms with E-state index in [1.807, 2.05) is 44.2 Å². The van der Waals surface area contributed by atoms with Crippen LogP contribution in [0.5, 0.6) is 0 Å². The first-order valence-corrected chi connectivity index (χ1v) is 14.1. The molecule has 0 radical (unpaired) electrons. The molecule has 0 unspecified atom stereocenters. The zero-order chi connectivity index (χ0) is 27.9. The molecule has 3 rings (SSSR count). The Bertz CT molecular complexity index is 1220. The minimum atomic E-state index is -4.00. The number of carbonyl (C=O) groups excluding carboxylic acids is 3. The van der Waals surface area contributed by atoms with Gasteiger partial charge in [0.25, 0.3) is 0 Å². The Balaban J connectivity index is 1.83. The van der Waals surface area contributed by atoms with Gasteiger partial charge in [-0.05, 0) is 48.6 Å². The summed E-state index contributed by atoms with van der Waals surface area (Å²) >= 11 is 0. The maximum atomic E-state index is 13.6. The summed E-state index contributed by atoms with van der Waals surface area (Å²) in [6.07, 6.45) is -0.342. The van der Waals surface area contributed by atoms with Crippen LogP contribution in [-0.2, 0) is 30.8 Å². The van der Waals surface area contributed by atoms with Crippen LogP contribution in [0.2, 0.25) is 0 Å². The monoisotopic (exact) mass is 544 g/mol. The van der Waals surface area contributed by atoms with Gasteiger partial charge in [0, 0.05) is 32.1 Å². The number of hydrogen-bond donors (Lipinski definition) is 4. The molecule has 3 amide bonds. The highest BCUT2D eigenvalue weighted by molar-refractivity contribution is 7.89. The molecule has 1 aliphatic rings. The number of hydrogen-bond acceptors (Lipinski definition) is 6. The molecule has 10 nitrogen and oxygen atoms in total. The summed E-state index contributed by atoms with van der Waals surface area (Å²) in [6, 6.07) is 13.6. The van der Waals surface area contributed by atoms with Crippen LogP contribution in [0.1, 0.15) is 39.2 Å². The van der Waals surface area contributed by atoms with E-state index < -0.39 is 34.1 Å².